The van der Waals surface area contributed by atoms with Gasteiger partial charge in [0.1, 0.15) is 6.61 Å². The Hall–Kier alpha value is -3.07. The molecule has 0 radical (unpaired) electrons. The van der Waals surface area contributed by atoms with Crippen molar-refractivity contribution in [2.24, 2.45) is 5.10 Å². The average molecular weight is 645 g/mol. The van der Waals surface area contributed by atoms with Crippen molar-refractivity contribution in [1.29, 1.82) is 0 Å². The van der Waals surface area contributed by atoms with Gasteiger partial charge in [-0.1, -0.05) is 89.9 Å². The van der Waals surface area contributed by atoms with E-state index in [-0.39, 0.29) is 12.5 Å². The molecule has 0 saturated carbocycles. The summed E-state index contributed by atoms with van der Waals surface area (Å²) in [6.45, 7) is 0.256. The molecule has 0 unspecified atom stereocenters. The third kappa shape index (κ3) is 7.03. The van der Waals surface area contributed by atoms with Crippen LogP contribution in [0.5, 0.6) is 11.5 Å². The molecule has 0 aromatic heterocycles. The molecule has 4 rings (SSSR count). The van der Waals surface area contributed by atoms with Crippen molar-refractivity contribution in [3.63, 3.8) is 0 Å². The third-order valence-corrected chi connectivity index (χ3v) is 6.94. The van der Waals surface area contributed by atoms with Crippen LogP contribution in [0.2, 0.25) is 10.0 Å². The number of carbonyl (C=O) groups is 1. The first-order valence-electron chi connectivity index (χ1n) is 11.3. The molecule has 4 aromatic carbocycles. The van der Waals surface area contributed by atoms with Gasteiger partial charge in [-0.25, -0.2) is 5.43 Å². The Kier molecular flexibility index (Phi) is 9.44. The van der Waals surface area contributed by atoms with E-state index in [9.17, 15) is 4.79 Å². The molecule has 8 heteroatoms. The summed E-state index contributed by atoms with van der Waals surface area (Å²) in [6.07, 6.45) is 1.58. The molecule has 1 N–H and O–H groups in total. The first-order chi connectivity index (χ1) is 18.0. The summed E-state index contributed by atoms with van der Waals surface area (Å²) in [6, 6.07) is 28.2. The molecule has 5 nitrogen and oxygen atoms in total. The number of carbonyl (C=O) groups excluding carboxylic acids is 1. The highest BCUT2D eigenvalue weighted by atomic mass is 127. The van der Waals surface area contributed by atoms with Crippen molar-refractivity contribution < 1.29 is 14.3 Å². The minimum absolute atomic E-state index is 0.227. The second-order valence-electron chi connectivity index (χ2n) is 8.05. The highest BCUT2D eigenvalue weighted by molar-refractivity contribution is 14.1. The number of hydrogen-bond donors (Lipinski definition) is 1. The monoisotopic (exact) mass is 644 g/mol. The largest absolute Gasteiger partial charge is 0.493 e. The summed E-state index contributed by atoms with van der Waals surface area (Å²) in [5, 5.41) is 5.32. The maximum Gasteiger partial charge on any atom is 0.252 e. The smallest absolute Gasteiger partial charge is 0.252 e. The summed E-state index contributed by atoms with van der Waals surface area (Å²) in [4.78, 5) is 13.2. The summed E-state index contributed by atoms with van der Waals surface area (Å²) < 4.78 is 12.4. The van der Waals surface area contributed by atoms with Gasteiger partial charge >= 0.3 is 0 Å². The number of rotatable bonds is 9. The highest BCUT2D eigenvalue weighted by Gasteiger charge is 2.22. The van der Waals surface area contributed by atoms with Crippen LogP contribution < -0.4 is 14.9 Å². The molecule has 0 saturated heterocycles. The lowest BCUT2D eigenvalue weighted by molar-refractivity contribution is -0.121. The maximum atomic E-state index is 13.2. The second kappa shape index (κ2) is 12.9. The molecule has 0 bridgehead atoms. The van der Waals surface area contributed by atoms with Gasteiger partial charge in [-0.15, -0.1) is 0 Å². The number of hydrazone groups is 1. The molecule has 0 spiro atoms. The van der Waals surface area contributed by atoms with Crippen molar-refractivity contribution in [2.45, 2.75) is 12.5 Å². The zero-order chi connectivity index (χ0) is 26.2. The Morgan fingerprint density at radius 3 is 2.22 bits per heavy atom. The number of methoxy groups -OCH3 is 1. The molecule has 188 valence electrons. The van der Waals surface area contributed by atoms with E-state index in [0.717, 1.165) is 25.8 Å². The van der Waals surface area contributed by atoms with Crippen LogP contribution in [0.4, 0.5) is 0 Å². The number of benzene rings is 4. The Labute approximate surface area is 239 Å². The molecule has 0 aliphatic carbocycles. The van der Waals surface area contributed by atoms with Crippen LogP contribution in [0.25, 0.3) is 0 Å². The fourth-order valence-corrected chi connectivity index (χ4v) is 5.01. The first kappa shape index (κ1) is 27.0. The summed E-state index contributed by atoms with van der Waals surface area (Å²) in [5.41, 5.74) is 6.02. The normalized spacial score (nSPS) is 11.1. The van der Waals surface area contributed by atoms with Gasteiger partial charge < -0.3 is 9.47 Å². The third-order valence-electron chi connectivity index (χ3n) is 5.56. The Balaban J connectivity index is 1.49. The SMILES string of the molecule is COc1cc(/C=N/NC(=O)C(c2ccccc2)c2ccccc2)cc(I)c1OCc1ccc(Cl)cc1Cl. The second-order valence-corrected chi connectivity index (χ2v) is 10.1. The summed E-state index contributed by atoms with van der Waals surface area (Å²) in [5.74, 6) is 0.416. The van der Waals surface area contributed by atoms with Gasteiger partial charge in [-0.05, 0) is 63.5 Å². The number of amides is 1. The summed E-state index contributed by atoms with van der Waals surface area (Å²) >= 11 is 14.4. The standard InChI is InChI=1S/C29H23Cl2IN2O3/c1-36-26-15-19(14-25(32)28(26)37-18-22-12-13-23(30)16-24(22)31)17-33-34-29(35)27(20-8-4-2-5-9-20)21-10-6-3-7-11-21/h2-17,27H,18H2,1H3,(H,34,35)/b33-17+. The van der Waals surface area contributed by atoms with Crippen LogP contribution in [-0.4, -0.2) is 19.2 Å². The fraction of sp³-hybridized carbons (Fsp3) is 0.103. The quantitative estimate of drug-likeness (QED) is 0.117. The van der Waals surface area contributed by atoms with Crippen LogP contribution in [0.3, 0.4) is 0 Å². The number of nitrogens with one attached hydrogen (secondary N) is 1. The van der Waals surface area contributed by atoms with E-state index in [4.69, 9.17) is 32.7 Å². The lowest BCUT2D eigenvalue weighted by Crippen LogP contribution is -2.26. The lowest BCUT2D eigenvalue weighted by atomic mass is 9.91. The molecule has 0 atom stereocenters. The molecule has 0 aliphatic heterocycles. The Morgan fingerprint density at radius 1 is 0.973 bits per heavy atom. The zero-order valence-corrected chi connectivity index (χ0v) is 23.5. The molecule has 4 aromatic rings. The van der Waals surface area contributed by atoms with E-state index >= 15 is 0 Å². The molecular formula is C29H23Cl2IN2O3. The van der Waals surface area contributed by atoms with Crippen LogP contribution in [0.1, 0.15) is 28.2 Å². The van der Waals surface area contributed by atoms with Gasteiger partial charge in [0, 0.05) is 15.6 Å². The predicted octanol–water partition coefficient (Wildman–Crippen LogP) is 7.47. The number of ether oxygens (including phenoxy) is 2. The van der Waals surface area contributed by atoms with Crippen molar-refractivity contribution in [3.05, 3.63) is 127 Å². The van der Waals surface area contributed by atoms with Gasteiger partial charge in [-0.2, -0.15) is 5.10 Å². The molecule has 0 fully saturated rings. The van der Waals surface area contributed by atoms with Crippen molar-refractivity contribution in [3.8, 4) is 11.5 Å². The van der Waals surface area contributed by atoms with Gasteiger partial charge in [0.2, 0.25) is 0 Å². The van der Waals surface area contributed by atoms with Crippen molar-refractivity contribution in [2.75, 3.05) is 7.11 Å². The van der Waals surface area contributed by atoms with Crippen LogP contribution in [0.15, 0.2) is 96.1 Å². The topological polar surface area (TPSA) is 59.9 Å². The molecule has 0 heterocycles. The van der Waals surface area contributed by atoms with Gasteiger partial charge in [-0.3, -0.25) is 4.79 Å². The fourth-order valence-electron chi connectivity index (χ4n) is 3.76. The minimum Gasteiger partial charge on any atom is -0.493 e. The van der Waals surface area contributed by atoms with E-state index in [0.29, 0.717) is 21.5 Å². The minimum atomic E-state index is -0.482. The van der Waals surface area contributed by atoms with Gasteiger partial charge in [0.05, 0.1) is 22.8 Å². The number of halogens is 3. The Morgan fingerprint density at radius 2 is 1.62 bits per heavy atom. The van der Waals surface area contributed by atoms with E-state index in [1.807, 2.05) is 72.8 Å². The van der Waals surface area contributed by atoms with E-state index < -0.39 is 5.92 Å². The first-order valence-corrected chi connectivity index (χ1v) is 13.2. The van der Waals surface area contributed by atoms with Crippen molar-refractivity contribution in [1.82, 2.24) is 5.43 Å². The number of hydrogen-bond acceptors (Lipinski definition) is 4. The van der Waals surface area contributed by atoms with E-state index in [2.05, 4.69) is 33.1 Å². The zero-order valence-electron chi connectivity index (χ0n) is 19.8. The lowest BCUT2D eigenvalue weighted by Gasteiger charge is -2.16. The van der Waals surface area contributed by atoms with Crippen LogP contribution >= 0.6 is 45.8 Å². The van der Waals surface area contributed by atoms with E-state index in [1.54, 1.807) is 31.5 Å². The van der Waals surface area contributed by atoms with Crippen LogP contribution in [-0.2, 0) is 11.4 Å². The molecule has 0 aliphatic rings. The summed E-state index contributed by atoms with van der Waals surface area (Å²) in [7, 11) is 1.57. The van der Waals surface area contributed by atoms with Crippen molar-refractivity contribution >= 4 is 57.9 Å². The maximum absolute atomic E-state index is 13.2. The van der Waals surface area contributed by atoms with Gasteiger partial charge in [0.25, 0.3) is 5.91 Å². The van der Waals surface area contributed by atoms with Gasteiger partial charge in [0.15, 0.2) is 11.5 Å². The molecule has 1 amide bonds. The van der Waals surface area contributed by atoms with Crippen LogP contribution in [0, 0.1) is 3.57 Å². The highest BCUT2D eigenvalue weighted by Crippen LogP contribution is 2.35. The average Bonchev–Trinajstić information content (AvgIpc) is 2.90. The Bertz CT molecular complexity index is 1360. The predicted molar refractivity (Wildman–Crippen MR) is 157 cm³/mol. The molecular weight excluding hydrogens is 622 g/mol. The van der Waals surface area contributed by atoms with E-state index in [1.165, 1.54) is 0 Å². The molecule has 37 heavy (non-hydrogen) atoms. The number of nitrogens with zero attached hydrogens (tertiary/aromatic N) is 1.